The highest BCUT2D eigenvalue weighted by molar-refractivity contribution is 5.37. The van der Waals surface area contributed by atoms with Crippen LogP contribution in [0.15, 0.2) is 12.3 Å². The zero-order valence-electron chi connectivity index (χ0n) is 12.0. The van der Waals surface area contributed by atoms with Crippen LogP contribution in [0.1, 0.15) is 45.1 Å². The highest BCUT2D eigenvalue weighted by Crippen LogP contribution is 2.30. The smallest absolute Gasteiger partial charge is 0.257 e. The Bertz CT molecular complexity index is 400. The third-order valence-corrected chi connectivity index (χ3v) is 3.25. The van der Waals surface area contributed by atoms with Crippen molar-refractivity contribution in [1.29, 1.82) is 0 Å². The molecule has 0 spiro atoms. The molecule has 106 valence electrons. The Morgan fingerprint density at radius 3 is 2.74 bits per heavy atom. The molecule has 2 rings (SSSR count). The van der Waals surface area contributed by atoms with E-state index in [-0.39, 0.29) is 6.10 Å². The number of rotatable bonds is 5. The third kappa shape index (κ3) is 3.83. The number of ether oxygens (including phenoxy) is 3. The van der Waals surface area contributed by atoms with Crippen LogP contribution in [0.5, 0.6) is 11.6 Å². The van der Waals surface area contributed by atoms with Crippen LogP contribution in [-0.4, -0.2) is 30.9 Å². The molecule has 1 fully saturated rings. The van der Waals surface area contributed by atoms with E-state index >= 15 is 0 Å². The molecule has 1 saturated heterocycles. The summed E-state index contributed by atoms with van der Waals surface area (Å²) >= 11 is 0. The average molecular weight is 265 g/mol. The lowest BCUT2D eigenvalue weighted by molar-refractivity contribution is 0.0240. The first-order chi connectivity index (χ1) is 9.20. The van der Waals surface area contributed by atoms with Gasteiger partial charge < -0.3 is 14.2 Å². The van der Waals surface area contributed by atoms with Crippen LogP contribution in [0.4, 0.5) is 0 Å². The van der Waals surface area contributed by atoms with Gasteiger partial charge in [-0.25, -0.2) is 4.98 Å². The van der Waals surface area contributed by atoms with Gasteiger partial charge in [-0.15, -0.1) is 0 Å². The molecule has 0 radical (unpaired) electrons. The van der Waals surface area contributed by atoms with E-state index in [1.807, 2.05) is 13.1 Å². The van der Waals surface area contributed by atoms with Crippen molar-refractivity contribution in [1.82, 2.24) is 4.98 Å². The van der Waals surface area contributed by atoms with E-state index in [1.54, 1.807) is 0 Å². The van der Waals surface area contributed by atoms with Crippen LogP contribution >= 0.6 is 0 Å². The first kappa shape index (κ1) is 14.1. The summed E-state index contributed by atoms with van der Waals surface area (Å²) in [4.78, 5) is 4.38. The van der Waals surface area contributed by atoms with Gasteiger partial charge in [-0.05, 0) is 24.5 Å². The summed E-state index contributed by atoms with van der Waals surface area (Å²) in [5.74, 6) is 1.79. The van der Waals surface area contributed by atoms with Gasteiger partial charge in [-0.2, -0.15) is 0 Å². The first-order valence-electron chi connectivity index (χ1n) is 7.07. The minimum absolute atomic E-state index is 0.206. The van der Waals surface area contributed by atoms with Gasteiger partial charge in [0.2, 0.25) is 0 Å². The molecule has 0 bridgehead atoms. The van der Waals surface area contributed by atoms with Crippen molar-refractivity contribution in [2.45, 2.75) is 45.6 Å². The quantitative estimate of drug-likeness (QED) is 0.820. The minimum atomic E-state index is 0.206. The number of pyridine rings is 1. The van der Waals surface area contributed by atoms with Crippen LogP contribution in [0.25, 0.3) is 0 Å². The van der Waals surface area contributed by atoms with E-state index < -0.39 is 0 Å². The molecule has 4 heteroatoms. The summed E-state index contributed by atoms with van der Waals surface area (Å²) in [5.41, 5.74) is 1.17. The molecule has 2 heterocycles. The Hall–Kier alpha value is -1.29. The summed E-state index contributed by atoms with van der Waals surface area (Å²) in [7, 11) is 0. The van der Waals surface area contributed by atoms with Gasteiger partial charge in [0.1, 0.15) is 6.10 Å². The van der Waals surface area contributed by atoms with E-state index in [0.717, 1.165) is 31.8 Å². The summed E-state index contributed by atoms with van der Waals surface area (Å²) < 4.78 is 17.0. The maximum atomic E-state index is 6.06. The fraction of sp³-hybridized carbons (Fsp3) is 0.667. The van der Waals surface area contributed by atoms with Crippen molar-refractivity contribution in [2.24, 2.45) is 0 Å². The number of hydrogen-bond donors (Lipinski definition) is 0. The van der Waals surface area contributed by atoms with Crippen molar-refractivity contribution in [3.05, 3.63) is 17.8 Å². The molecule has 1 aromatic rings. The molecule has 4 nitrogen and oxygen atoms in total. The fourth-order valence-electron chi connectivity index (χ4n) is 2.07. The molecule has 0 N–H and O–H groups in total. The van der Waals surface area contributed by atoms with Gasteiger partial charge in [0, 0.05) is 19.0 Å². The standard InChI is InChI=1S/C15H23NO3/c1-4-18-15-14(9-12(10-16-15)11(2)3)19-13-5-7-17-8-6-13/h9-11,13H,4-8H2,1-3H3. The SMILES string of the molecule is CCOc1ncc(C(C)C)cc1OC1CCOCC1. The second-order valence-corrected chi connectivity index (χ2v) is 5.09. The molecule has 0 amide bonds. The molecule has 19 heavy (non-hydrogen) atoms. The van der Waals surface area contributed by atoms with E-state index in [4.69, 9.17) is 14.2 Å². The fourth-order valence-corrected chi connectivity index (χ4v) is 2.07. The van der Waals surface area contributed by atoms with E-state index in [9.17, 15) is 0 Å². The summed E-state index contributed by atoms with van der Waals surface area (Å²) in [6, 6.07) is 2.05. The van der Waals surface area contributed by atoms with Crippen LogP contribution < -0.4 is 9.47 Å². The van der Waals surface area contributed by atoms with Gasteiger partial charge in [-0.1, -0.05) is 13.8 Å². The normalized spacial score (nSPS) is 16.6. The molecular formula is C15H23NO3. The Kier molecular flexibility index (Phi) is 5.02. The number of aromatic nitrogens is 1. The largest absolute Gasteiger partial charge is 0.485 e. The van der Waals surface area contributed by atoms with E-state index in [1.165, 1.54) is 5.56 Å². The molecule has 0 aliphatic carbocycles. The molecule has 0 unspecified atom stereocenters. The highest BCUT2D eigenvalue weighted by atomic mass is 16.5. The summed E-state index contributed by atoms with van der Waals surface area (Å²) in [6.07, 6.45) is 3.93. The van der Waals surface area contributed by atoms with Gasteiger partial charge in [0.25, 0.3) is 5.88 Å². The lowest BCUT2D eigenvalue weighted by atomic mass is 10.1. The Morgan fingerprint density at radius 2 is 2.11 bits per heavy atom. The predicted octanol–water partition coefficient (Wildman–Crippen LogP) is 3.16. The molecule has 1 aliphatic heterocycles. The van der Waals surface area contributed by atoms with Crippen molar-refractivity contribution in [3.63, 3.8) is 0 Å². The Morgan fingerprint density at radius 1 is 1.37 bits per heavy atom. The van der Waals surface area contributed by atoms with Crippen molar-refractivity contribution in [2.75, 3.05) is 19.8 Å². The maximum Gasteiger partial charge on any atom is 0.257 e. The van der Waals surface area contributed by atoms with Crippen molar-refractivity contribution < 1.29 is 14.2 Å². The van der Waals surface area contributed by atoms with Crippen LogP contribution in [0.3, 0.4) is 0 Å². The second kappa shape index (κ2) is 6.75. The molecule has 0 aromatic carbocycles. The second-order valence-electron chi connectivity index (χ2n) is 5.09. The Balaban J connectivity index is 2.15. The topological polar surface area (TPSA) is 40.6 Å². The third-order valence-electron chi connectivity index (χ3n) is 3.25. The zero-order chi connectivity index (χ0) is 13.7. The van der Waals surface area contributed by atoms with Crippen LogP contribution in [0, 0.1) is 0 Å². The van der Waals surface area contributed by atoms with Gasteiger partial charge >= 0.3 is 0 Å². The first-order valence-corrected chi connectivity index (χ1v) is 7.07. The molecule has 0 saturated carbocycles. The molecule has 1 aliphatic rings. The summed E-state index contributed by atoms with van der Waals surface area (Å²) in [6.45, 7) is 8.39. The van der Waals surface area contributed by atoms with E-state index in [0.29, 0.717) is 18.4 Å². The predicted molar refractivity (Wildman–Crippen MR) is 74.0 cm³/mol. The van der Waals surface area contributed by atoms with Crippen molar-refractivity contribution >= 4 is 0 Å². The lowest BCUT2D eigenvalue weighted by Crippen LogP contribution is -2.26. The number of nitrogens with zero attached hydrogens (tertiary/aromatic N) is 1. The van der Waals surface area contributed by atoms with Crippen LogP contribution in [-0.2, 0) is 4.74 Å². The zero-order valence-corrected chi connectivity index (χ0v) is 12.0. The average Bonchev–Trinajstić information content (AvgIpc) is 2.42. The van der Waals surface area contributed by atoms with E-state index in [2.05, 4.69) is 24.9 Å². The molecular weight excluding hydrogens is 242 g/mol. The van der Waals surface area contributed by atoms with Crippen LogP contribution in [0.2, 0.25) is 0 Å². The van der Waals surface area contributed by atoms with Gasteiger partial charge in [-0.3, -0.25) is 0 Å². The lowest BCUT2D eigenvalue weighted by Gasteiger charge is -2.24. The summed E-state index contributed by atoms with van der Waals surface area (Å²) in [5, 5.41) is 0. The minimum Gasteiger partial charge on any atom is -0.485 e. The molecule has 1 aromatic heterocycles. The Labute approximate surface area is 115 Å². The van der Waals surface area contributed by atoms with Gasteiger partial charge in [0.15, 0.2) is 5.75 Å². The van der Waals surface area contributed by atoms with Crippen molar-refractivity contribution in [3.8, 4) is 11.6 Å². The van der Waals surface area contributed by atoms with Gasteiger partial charge in [0.05, 0.1) is 19.8 Å². The highest BCUT2D eigenvalue weighted by Gasteiger charge is 2.18. The molecule has 0 atom stereocenters. The number of hydrogen-bond acceptors (Lipinski definition) is 4. The maximum absolute atomic E-state index is 6.06. The monoisotopic (exact) mass is 265 g/mol.